The molecule has 0 aliphatic heterocycles. The molecule has 0 saturated carbocycles. The maximum absolute atomic E-state index is 12.0. The smallest absolute Gasteiger partial charge is 0.336 e. The van der Waals surface area contributed by atoms with E-state index in [2.05, 4.69) is 0 Å². The largest absolute Gasteiger partial charge is 0.493 e. The van der Waals surface area contributed by atoms with Gasteiger partial charge in [-0.2, -0.15) is 0 Å². The molecule has 0 heterocycles. The minimum atomic E-state index is -1.42. The van der Waals surface area contributed by atoms with E-state index in [0.717, 1.165) is 0 Å². The molecule has 0 aliphatic rings. The quantitative estimate of drug-likeness (QED) is 0.475. The third kappa shape index (κ3) is 4.72. The van der Waals surface area contributed by atoms with Crippen molar-refractivity contribution >= 4 is 24.1 Å². The average molecular weight is 414 g/mol. The van der Waals surface area contributed by atoms with Gasteiger partial charge in [-0.25, -0.2) is 9.59 Å². The minimum absolute atomic E-state index is 0.280. The molecule has 0 fully saturated rings. The number of rotatable bonds is 9. The molecule has 0 aromatic heterocycles. The van der Waals surface area contributed by atoms with Crippen LogP contribution in [-0.4, -0.2) is 50.6 Å². The van der Waals surface area contributed by atoms with Crippen LogP contribution in [0.1, 0.15) is 11.1 Å². The maximum Gasteiger partial charge on any atom is 0.336 e. The lowest BCUT2D eigenvalue weighted by molar-refractivity contribution is -0.136. The number of carboxylic acids is 2. The van der Waals surface area contributed by atoms with Crippen LogP contribution in [0.5, 0.6) is 23.0 Å². The van der Waals surface area contributed by atoms with Crippen LogP contribution in [0, 0.1) is 0 Å². The first-order valence-corrected chi connectivity index (χ1v) is 8.70. The van der Waals surface area contributed by atoms with Gasteiger partial charge in [-0.3, -0.25) is 0 Å². The molecule has 0 amide bonds. The van der Waals surface area contributed by atoms with Crippen molar-refractivity contribution in [3.63, 3.8) is 0 Å². The standard InChI is InChI=1S/C22H22O8/c1-27-17-9-5-7-13(19(17)29-3)11-15(21(23)24)16(22(25)26)12-14-8-6-10-18(28-2)20(14)30-4/h5-12H,1-4H3,(H,23,24)(H,25,26)/b15-11+,16-12+. The summed E-state index contributed by atoms with van der Waals surface area (Å²) in [4.78, 5) is 23.9. The van der Waals surface area contributed by atoms with Crippen LogP contribution in [-0.2, 0) is 9.59 Å². The fraction of sp³-hybridized carbons (Fsp3) is 0.182. The van der Waals surface area contributed by atoms with E-state index >= 15 is 0 Å². The second-order valence-corrected chi connectivity index (χ2v) is 5.89. The first-order chi connectivity index (χ1) is 14.4. The molecule has 158 valence electrons. The van der Waals surface area contributed by atoms with Crippen LogP contribution < -0.4 is 18.9 Å². The third-order valence-electron chi connectivity index (χ3n) is 4.22. The highest BCUT2D eigenvalue weighted by atomic mass is 16.5. The lowest BCUT2D eigenvalue weighted by Crippen LogP contribution is -2.11. The number of benzene rings is 2. The van der Waals surface area contributed by atoms with Gasteiger partial charge >= 0.3 is 11.9 Å². The molecule has 0 radical (unpaired) electrons. The van der Waals surface area contributed by atoms with Gasteiger partial charge in [0.05, 0.1) is 39.6 Å². The summed E-state index contributed by atoms with van der Waals surface area (Å²) in [6.45, 7) is 0. The summed E-state index contributed by atoms with van der Waals surface area (Å²) in [7, 11) is 5.71. The van der Waals surface area contributed by atoms with E-state index in [-0.39, 0.29) is 11.5 Å². The van der Waals surface area contributed by atoms with Crippen molar-refractivity contribution in [3.8, 4) is 23.0 Å². The van der Waals surface area contributed by atoms with Gasteiger partial charge < -0.3 is 29.2 Å². The fourth-order valence-corrected chi connectivity index (χ4v) is 2.87. The van der Waals surface area contributed by atoms with Gasteiger partial charge in [0.15, 0.2) is 23.0 Å². The summed E-state index contributed by atoms with van der Waals surface area (Å²) in [6.07, 6.45) is 2.44. The molecule has 0 bridgehead atoms. The van der Waals surface area contributed by atoms with Crippen LogP contribution in [0.3, 0.4) is 0 Å². The van der Waals surface area contributed by atoms with Crippen molar-refractivity contribution in [1.82, 2.24) is 0 Å². The van der Waals surface area contributed by atoms with E-state index in [4.69, 9.17) is 18.9 Å². The molecule has 2 rings (SSSR count). The SMILES string of the molecule is COc1cccc(/C=C(C(=O)O)\C(=C/c2cccc(OC)c2OC)C(=O)O)c1OC. The number of methoxy groups -OCH3 is 4. The Kier molecular flexibility index (Phi) is 7.46. The summed E-state index contributed by atoms with van der Waals surface area (Å²) < 4.78 is 21.0. The lowest BCUT2D eigenvalue weighted by Gasteiger charge is -2.13. The van der Waals surface area contributed by atoms with E-state index < -0.39 is 23.1 Å². The van der Waals surface area contributed by atoms with Crippen molar-refractivity contribution in [2.45, 2.75) is 0 Å². The van der Waals surface area contributed by atoms with Gasteiger partial charge in [0.2, 0.25) is 0 Å². The van der Waals surface area contributed by atoms with E-state index in [1.807, 2.05) is 0 Å². The molecule has 0 aliphatic carbocycles. The monoisotopic (exact) mass is 414 g/mol. The number of hydrogen-bond donors (Lipinski definition) is 2. The fourth-order valence-electron chi connectivity index (χ4n) is 2.87. The zero-order valence-corrected chi connectivity index (χ0v) is 17.0. The number of carbonyl (C=O) groups is 2. The molecular weight excluding hydrogens is 392 g/mol. The van der Waals surface area contributed by atoms with Gasteiger partial charge in [0.1, 0.15) is 0 Å². The predicted molar refractivity (Wildman–Crippen MR) is 110 cm³/mol. The molecular formula is C22H22O8. The summed E-state index contributed by atoms with van der Waals surface area (Å²) in [5, 5.41) is 19.5. The van der Waals surface area contributed by atoms with Crippen molar-refractivity contribution in [3.05, 3.63) is 58.7 Å². The second-order valence-electron chi connectivity index (χ2n) is 5.89. The Balaban J connectivity index is 2.73. The molecule has 8 heteroatoms. The van der Waals surface area contributed by atoms with Crippen LogP contribution >= 0.6 is 0 Å². The van der Waals surface area contributed by atoms with Gasteiger partial charge in [-0.15, -0.1) is 0 Å². The molecule has 0 atom stereocenters. The van der Waals surface area contributed by atoms with E-state index in [0.29, 0.717) is 22.6 Å². The summed E-state index contributed by atoms with van der Waals surface area (Å²) >= 11 is 0. The number of hydrogen-bond acceptors (Lipinski definition) is 6. The normalized spacial score (nSPS) is 11.6. The molecule has 8 nitrogen and oxygen atoms in total. The Bertz CT molecular complexity index is 923. The average Bonchev–Trinajstić information content (AvgIpc) is 2.74. The van der Waals surface area contributed by atoms with Gasteiger partial charge in [-0.1, -0.05) is 24.3 Å². The molecule has 2 N–H and O–H groups in total. The van der Waals surface area contributed by atoms with Crippen LogP contribution in [0.25, 0.3) is 12.2 Å². The first kappa shape index (κ1) is 22.4. The van der Waals surface area contributed by atoms with Crippen molar-refractivity contribution in [2.24, 2.45) is 0 Å². The molecule has 0 unspecified atom stereocenters. The zero-order valence-electron chi connectivity index (χ0n) is 17.0. The van der Waals surface area contributed by atoms with Crippen molar-refractivity contribution in [2.75, 3.05) is 28.4 Å². The maximum atomic E-state index is 12.0. The highest BCUT2D eigenvalue weighted by Gasteiger charge is 2.22. The molecule has 30 heavy (non-hydrogen) atoms. The number of ether oxygens (including phenoxy) is 4. The Morgan fingerprint density at radius 3 is 1.30 bits per heavy atom. The van der Waals surface area contributed by atoms with E-state index in [1.54, 1.807) is 36.4 Å². The topological polar surface area (TPSA) is 112 Å². The Morgan fingerprint density at radius 1 is 0.667 bits per heavy atom. The summed E-state index contributed by atoms with van der Waals surface area (Å²) in [5.41, 5.74) is -0.198. The molecule has 2 aromatic rings. The lowest BCUT2D eigenvalue weighted by atomic mass is 9.99. The van der Waals surface area contributed by atoms with Crippen molar-refractivity contribution < 1.29 is 38.7 Å². The third-order valence-corrected chi connectivity index (χ3v) is 4.22. The number of para-hydroxylation sites is 2. The number of aliphatic carboxylic acids is 2. The highest BCUT2D eigenvalue weighted by Crippen LogP contribution is 2.35. The van der Waals surface area contributed by atoms with Gasteiger partial charge in [-0.05, 0) is 24.3 Å². The van der Waals surface area contributed by atoms with E-state index in [1.165, 1.54) is 40.6 Å². The molecule has 0 spiro atoms. The minimum Gasteiger partial charge on any atom is -0.493 e. The van der Waals surface area contributed by atoms with Gasteiger partial charge in [0.25, 0.3) is 0 Å². The van der Waals surface area contributed by atoms with Gasteiger partial charge in [0, 0.05) is 11.1 Å². The Morgan fingerprint density at radius 2 is 1.03 bits per heavy atom. The summed E-state index contributed by atoms with van der Waals surface area (Å²) in [6, 6.07) is 9.76. The number of carboxylic acid groups (broad SMARTS) is 2. The van der Waals surface area contributed by atoms with E-state index in [9.17, 15) is 19.8 Å². The van der Waals surface area contributed by atoms with Crippen LogP contribution in [0.2, 0.25) is 0 Å². The summed E-state index contributed by atoms with van der Waals surface area (Å²) in [5.74, 6) is -1.52. The highest BCUT2D eigenvalue weighted by molar-refractivity contribution is 6.12. The Labute approximate surface area is 173 Å². The van der Waals surface area contributed by atoms with Crippen LogP contribution in [0.15, 0.2) is 47.5 Å². The Hall–Kier alpha value is -3.94. The zero-order chi connectivity index (χ0) is 22.3. The second kappa shape index (κ2) is 10.0. The molecule has 0 saturated heterocycles. The van der Waals surface area contributed by atoms with Crippen molar-refractivity contribution in [1.29, 1.82) is 0 Å². The first-order valence-electron chi connectivity index (χ1n) is 8.70. The predicted octanol–water partition coefficient (Wildman–Crippen LogP) is 3.36. The molecule has 2 aromatic carbocycles. The van der Waals surface area contributed by atoms with Crippen LogP contribution in [0.4, 0.5) is 0 Å².